The van der Waals surface area contributed by atoms with E-state index < -0.39 is 8.07 Å². The van der Waals surface area contributed by atoms with Crippen LogP contribution in [0.25, 0.3) is 28.2 Å². The first-order chi connectivity index (χ1) is 18.1. The van der Waals surface area contributed by atoms with Crippen molar-refractivity contribution in [3.8, 4) is 22.5 Å². The monoisotopic (exact) mass is 533 g/mol. The first-order valence-electron chi connectivity index (χ1n) is 13.0. The van der Waals surface area contributed by atoms with Gasteiger partial charge in [0.1, 0.15) is 19.0 Å². The first kappa shape index (κ1) is 26.1. The SMILES string of the molecule is Cc1cc(-c2cnn3ccc(N4C(=O)OC[C@@H]4C(C)C)nc23)ccc1-c1nc(COCC[Si](C)(C)C)n[nH]1. The van der Waals surface area contributed by atoms with Crippen LogP contribution in [0.4, 0.5) is 10.6 Å². The Labute approximate surface area is 223 Å². The minimum atomic E-state index is -1.12. The van der Waals surface area contributed by atoms with E-state index in [1.165, 1.54) is 0 Å². The number of aromatic amines is 1. The maximum atomic E-state index is 12.5. The molecule has 0 bridgehead atoms. The van der Waals surface area contributed by atoms with E-state index in [1.807, 2.05) is 25.3 Å². The number of carbonyl (C=O) groups excluding carboxylic acids is 1. The third-order valence-electron chi connectivity index (χ3n) is 6.83. The lowest BCUT2D eigenvalue weighted by Gasteiger charge is -2.23. The fraction of sp³-hybridized carbons (Fsp3) is 0.444. The average Bonchev–Trinajstić information content (AvgIpc) is 3.59. The molecule has 1 N–H and O–H groups in total. The quantitative estimate of drug-likeness (QED) is 0.229. The van der Waals surface area contributed by atoms with E-state index in [1.54, 1.807) is 21.7 Å². The molecule has 0 unspecified atom stereocenters. The van der Waals surface area contributed by atoms with Crippen LogP contribution < -0.4 is 4.90 Å². The van der Waals surface area contributed by atoms with Gasteiger partial charge >= 0.3 is 6.09 Å². The van der Waals surface area contributed by atoms with Gasteiger partial charge in [-0.25, -0.2) is 19.3 Å². The van der Waals surface area contributed by atoms with Gasteiger partial charge in [-0.05, 0) is 36.1 Å². The second-order valence-corrected chi connectivity index (χ2v) is 17.0. The molecular weight excluding hydrogens is 498 g/mol. The molecule has 4 heterocycles. The molecule has 3 aromatic heterocycles. The Balaban J connectivity index is 1.37. The van der Waals surface area contributed by atoms with Crippen molar-refractivity contribution in [1.82, 2.24) is 29.8 Å². The normalized spacial score (nSPS) is 16.1. The number of hydrogen-bond acceptors (Lipinski definition) is 7. The van der Waals surface area contributed by atoms with Gasteiger partial charge in [-0.1, -0.05) is 51.7 Å². The van der Waals surface area contributed by atoms with E-state index in [-0.39, 0.29) is 18.1 Å². The second-order valence-electron chi connectivity index (χ2n) is 11.4. The number of benzene rings is 1. The Kier molecular flexibility index (Phi) is 7.06. The molecular formula is C27H35N7O3Si. The van der Waals surface area contributed by atoms with Crippen LogP contribution in [-0.2, 0) is 16.1 Å². The third-order valence-corrected chi connectivity index (χ3v) is 8.53. The number of amides is 1. The van der Waals surface area contributed by atoms with Crippen molar-refractivity contribution in [2.45, 2.75) is 59.1 Å². The lowest BCUT2D eigenvalue weighted by atomic mass is 10.0. The fourth-order valence-corrected chi connectivity index (χ4v) is 5.26. The van der Waals surface area contributed by atoms with Gasteiger partial charge < -0.3 is 9.47 Å². The zero-order valence-corrected chi connectivity index (χ0v) is 23.9. The number of nitrogens with zero attached hydrogens (tertiary/aromatic N) is 6. The highest BCUT2D eigenvalue weighted by Crippen LogP contribution is 2.31. The number of anilines is 1. The summed E-state index contributed by atoms with van der Waals surface area (Å²) in [5.41, 5.74) is 4.55. The van der Waals surface area contributed by atoms with E-state index >= 15 is 0 Å². The van der Waals surface area contributed by atoms with Crippen LogP contribution >= 0.6 is 0 Å². The summed E-state index contributed by atoms with van der Waals surface area (Å²) in [6.07, 6.45) is 3.26. The molecule has 1 aliphatic rings. The average molecular weight is 534 g/mol. The van der Waals surface area contributed by atoms with Crippen molar-refractivity contribution in [1.29, 1.82) is 0 Å². The van der Waals surface area contributed by atoms with Crippen molar-refractivity contribution in [3.05, 3.63) is 48.0 Å². The topological polar surface area (TPSA) is 111 Å². The Morgan fingerprint density at radius 1 is 1.18 bits per heavy atom. The molecule has 4 aromatic rings. The number of carbonyl (C=O) groups is 1. The van der Waals surface area contributed by atoms with Gasteiger partial charge in [0.25, 0.3) is 0 Å². The number of fused-ring (bicyclic) bond motifs is 1. The molecule has 11 heteroatoms. The van der Waals surface area contributed by atoms with E-state index in [0.29, 0.717) is 36.3 Å². The number of H-pyrrole nitrogens is 1. The molecule has 200 valence electrons. The smallest absolute Gasteiger partial charge is 0.415 e. The zero-order valence-electron chi connectivity index (χ0n) is 22.9. The lowest BCUT2D eigenvalue weighted by molar-refractivity contribution is 0.127. The van der Waals surface area contributed by atoms with Crippen molar-refractivity contribution in [2.24, 2.45) is 5.92 Å². The first-order valence-corrected chi connectivity index (χ1v) is 16.7. The molecule has 0 aliphatic carbocycles. The van der Waals surface area contributed by atoms with Crippen LogP contribution in [-0.4, -0.2) is 63.2 Å². The molecule has 38 heavy (non-hydrogen) atoms. The van der Waals surface area contributed by atoms with Gasteiger partial charge in [-0.2, -0.15) is 10.2 Å². The summed E-state index contributed by atoms with van der Waals surface area (Å²) in [6, 6.07) is 9.01. The molecule has 1 amide bonds. The third kappa shape index (κ3) is 5.34. The maximum absolute atomic E-state index is 12.5. The number of rotatable bonds is 9. The van der Waals surface area contributed by atoms with E-state index in [4.69, 9.17) is 14.5 Å². The Morgan fingerprint density at radius 3 is 2.74 bits per heavy atom. The van der Waals surface area contributed by atoms with Crippen LogP contribution in [0.2, 0.25) is 25.7 Å². The molecule has 1 aliphatic heterocycles. The van der Waals surface area contributed by atoms with Crippen molar-refractivity contribution in [2.75, 3.05) is 18.1 Å². The van der Waals surface area contributed by atoms with Crippen LogP contribution in [0, 0.1) is 12.8 Å². The summed E-state index contributed by atoms with van der Waals surface area (Å²) in [5, 5.41) is 11.9. The standard InChI is InChI=1S/C27H35N7O3Si/c1-17(2)22-15-37-27(35)34(22)24-9-10-33-26(30-24)21(14-28-33)19-7-8-20(18(3)13-19)25-29-23(31-32-25)16-36-11-12-38(4,5)6/h7-10,13-14,17,22H,11-12,15-16H2,1-6H3,(H,29,31,32)/t22-/m1/s1. The number of aromatic nitrogens is 6. The molecule has 0 spiro atoms. The number of nitrogens with one attached hydrogen (secondary N) is 1. The summed E-state index contributed by atoms with van der Waals surface area (Å²) in [5.74, 6) is 2.17. The Bertz CT molecular complexity index is 1460. The molecule has 0 saturated carbocycles. The predicted molar refractivity (Wildman–Crippen MR) is 149 cm³/mol. The largest absolute Gasteiger partial charge is 0.447 e. The minimum absolute atomic E-state index is 0.0529. The highest BCUT2D eigenvalue weighted by molar-refractivity contribution is 6.76. The summed E-state index contributed by atoms with van der Waals surface area (Å²) in [6.45, 7) is 14.7. The molecule has 5 rings (SSSR count). The van der Waals surface area contributed by atoms with E-state index in [2.05, 4.69) is 59.8 Å². The zero-order chi connectivity index (χ0) is 27.0. The molecule has 1 saturated heterocycles. The lowest BCUT2D eigenvalue weighted by Crippen LogP contribution is -2.37. The summed E-state index contributed by atoms with van der Waals surface area (Å²) in [7, 11) is -1.12. The number of ether oxygens (including phenoxy) is 2. The van der Waals surface area contributed by atoms with Gasteiger partial charge in [0.15, 0.2) is 17.3 Å². The summed E-state index contributed by atoms with van der Waals surface area (Å²) >= 11 is 0. The van der Waals surface area contributed by atoms with Crippen LogP contribution in [0.15, 0.2) is 36.7 Å². The van der Waals surface area contributed by atoms with Crippen LogP contribution in [0.5, 0.6) is 0 Å². The van der Waals surface area contributed by atoms with Crippen LogP contribution in [0.3, 0.4) is 0 Å². The number of hydrogen-bond donors (Lipinski definition) is 1. The van der Waals surface area contributed by atoms with Gasteiger partial charge in [-0.15, -0.1) is 0 Å². The van der Waals surface area contributed by atoms with E-state index in [0.717, 1.165) is 34.9 Å². The summed E-state index contributed by atoms with van der Waals surface area (Å²) < 4.78 is 12.8. The van der Waals surface area contributed by atoms with Gasteiger partial charge in [0, 0.05) is 32.0 Å². The van der Waals surface area contributed by atoms with Crippen molar-refractivity contribution < 1.29 is 14.3 Å². The van der Waals surface area contributed by atoms with E-state index in [9.17, 15) is 4.79 Å². The number of cyclic esters (lactones) is 1. The minimum Gasteiger partial charge on any atom is -0.447 e. The number of aryl methyl sites for hydroxylation is 1. The molecule has 1 atom stereocenters. The Hall–Kier alpha value is -3.57. The van der Waals surface area contributed by atoms with Crippen molar-refractivity contribution >= 4 is 25.6 Å². The Morgan fingerprint density at radius 2 is 2.00 bits per heavy atom. The van der Waals surface area contributed by atoms with Gasteiger partial charge in [-0.3, -0.25) is 10.00 Å². The van der Waals surface area contributed by atoms with Gasteiger partial charge in [0.2, 0.25) is 0 Å². The van der Waals surface area contributed by atoms with Crippen molar-refractivity contribution in [3.63, 3.8) is 0 Å². The van der Waals surface area contributed by atoms with Gasteiger partial charge in [0.05, 0.1) is 12.2 Å². The molecule has 10 nitrogen and oxygen atoms in total. The predicted octanol–water partition coefficient (Wildman–Crippen LogP) is 5.33. The highest BCUT2D eigenvalue weighted by Gasteiger charge is 2.37. The van der Waals surface area contributed by atoms with Crippen LogP contribution in [0.1, 0.15) is 25.2 Å². The molecule has 0 radical (unpaired) electrons. The fourth-order valence-electron chi connectivity index (χ4n) is 4.51. The highest BCUT2D eigenvalue weighted by atomic mass is 28.3. The molecule has 1 aromatic carbocycles. The molecule has 1 fully saturated rings. The summed E-state index contributed by atoms with van der Waals surface area (Å²) in [4.78, 5) is 23.6. The second kappa shape index (κ2) is 10.3. The maximum Gasteiger partial charge on any atom is 0.415 e.